The summed E-state index contributed by atoms with van der Waals surface area (Å²) in [6.45, 7) is 6.55. The van der Waals surface area contributed by atoms with Crippen LogP contribution in [0.1, 0.15) is 20.8 Å². The Morgan fingerprint density at radius 3 is 2.40 bits per heavy atom. The fraction of sp³-hybridized carbons (Fsp3) is 0.333. The van der Waals surface area contributed by atoms with Gasteiger partial charge in [0, 0.05) is 24.5 Å². The van der Waals surface area contributed by atoms with Crippen molar-refractivity contribution in [1.82, 2.24) is 9.55 Å². The average molecular weight is 202 g/mol. The van der Waals surface area contributed by atoms with Crippen molar-refractivity contribution in [2.24, 2.45) is 0 Å². The fourth-order valence-electron chi connectivity index (χ4n) is 1.42. The van der Waals surface area contributed by atoms with E-state index >= 15 is 0 Å². The maximum Gasteiger partial charge on any atom is 0.249 e. The van der Waals surface area contributed by atoms with Gasteiger partial charge in [-0.3, -0.25) is 4.98 Å². The van der Waals surface area contributed by atoms with Crippen molar-refractivity contribution in [3.63, 3.8) is 0 Å². The van der Waals surface area contributed by atoms with Gasteiger partial charge in [-0.05, 0) is 20.8 Å². The fourth-order valence-corrected chi connectivity index (χ4v) is 1.42. The Kier molecular flexibility index (Phi) is 2.31. The molecule has 2 aromatic heterocycles. The lowest BCUT2D eigenvalue weighted by molar-refractivity contribution is -0.753. The van der Waals surface area contributed by atoms with Gasteiger partial charge in [0.1, 0.15) is 23.6 Å². The molecule has 2 heterocycles. The highest BCUT2D eigenvalue weighted by atomic mass is 15.1. The predicted molar refractivity (Wildman–Crippen MR) is 58.8 cm³/mol. The maximum absolute atomic E-state index is 4.01. The number of nitrogens with zero attached hydrogens (tertiary/aromatic N) is 3. The molecule has 2 aromatic rings. The van der Waals surface area contributed by atoms with Gasteiger partial charge in [-0.25, -0.2) is 9.13 Å². The van der Waals surface area contributed by atoms with Crippen molar-refractivity contribution in [2.75, 3.05) is 0 Å². The van der Waals surface area contributed by atoms with Crippen LogP contribution in [-0.4, -0.2) is 9.55 Å². The van der Waals surface area contributed by atoms with E-state index in [0.29, 0.717) is 0 Å². The van der Waals surface area contributed by atoms with E-state index in [2.05, 4.69) is 53.6 Å². The van der Waals surface area contributed by atoms with Crippen LogP contribution < -0.4 is 4.57 Å². The first-order chi connectivity index (χ1) is 7.07. The van der Waals surface area contributed by atoms with E-state index in [1.807, 2.05) is 12.1 Å². The first-order valence-corrected chi connectivity index (χ1v) is 5.07. The zero-order chi connectivity index (χ0) is 10.9. The summed E-state index contributed by atoms with van der Waals surface area (Å²) in [6, 6.07) is 3.99. The molecular formula is C12H16N3+. The van der Waals surface area contributed by atoms with Crippen LogP contribution in [0.4, 0.5) is 0 Å². The van der Waals surface area contributed by atoms with Crippen molar-refractivity contribution in [2.45, 2.75) is 26.3 Å². The molecule has 0 aromatic carbocycles. The molecule has 0 aliphatic carbocycles. The van der Waals surface area contributed by atoms with Crippen molar-refractivity contribution in [3.8, 4) is 5.69 Å². The maximum atomic E-state index is 4.01. The van der Waals surface area contributed by atoms with E-state index in [1.54, 1.807) is 12.4 Å². The van der Waals surface area contributed by atoms with Gasteiger partial charge in [0.05, 0.1) is 0 Å². The third-order valence-electron chi connectivity index (χ3n) is 2.37. The molecule has 0 saturated heterocycles. The number of pyridine rings is 1. The second-order valence-electron chi connectivity index (χ2n) is 4.60. The third-order valence-corrected chi connectivity index (χ3v) is 2.37. The smallest absolute Gasteiger partial charge is 0.249 e. The molecule has 0 amide bonds. The average Bonchev–Trinajstić information content (AvgIpc) is 2.67. The number of imidazole rings is 1. The summed E-state index contributed by atoms with van der Waals surface area (Å²) < 4.78 is 4.28. The standard InChI is InChI=1S/C12H16N3/c1-12(2,3)15-9-8-14(10-15)11-4-6-13-7-5-11/h4-10H,1-3H3/q+1. The normalized spacial score (nSPS) is 11.7. The molecule has 0 spiro atoms. The van der Waals surface area contributed by atoms with Crippen LogP contribution in [0.25, 0.3) is 5.69 Å². The quantitative estimate of drug-likeness (QED) is 0.647. The van der Waals surface area contributed by atoms with E-state index in [4.69, 9.17) is 0 Å². The van der Waals surface area contributed by atoms with Gasteiger partial charge in [0.15, 0.2) is 0 Å². The zero-order valence-corrected chi connectivity index (χ0v) is 9.38. The summed E-state index contributed by atoms with van der Waals surface area (Å²) in [5, 5.41) is 0. The number of hydrogen-bond acceptors (Lipinski definition) is 1. The highest BCUT2D eigenvalue weighted by Crippen LogP contribution is 2.07. The van der Waals surface area contributed by atoms with Crippen molar-refractivity contribution < 1.29 is 4.57 Å². The molecule has 0 bridgehead atoms. The zero-order valence-electron chi connectivity index (χ0n) is 9.38. The Labute approximate surface area is 90.0 Å². The lowest BCUT2D eigenvalue weighted by Gasteiger charge is -2.13. The van der Waals surface area contributed by atoms with Gasteiger partial charge in [0.25, 0.3) is 0 Å². The summed E-state index contributed by atoms with van der Waals surface area (Å²) >= 11 is 0. The minimum atomic E-state index is 0.123. The molecule has 3 heteroatoms. The molecule has 0 aliphatic rings. The first-order valence-electron chi connectivity index (χ1n) is 5.07. The third kappa shape index (κ3) is 2.06. The monoisotopic (exact) mass is 202 g/mol. The van der Waals surface area contributed by atoms with Crippen molar-refractivity contribution >= 4 is 0 Å². The van der Waals surface area contributed by atoms with Crippen LogP contribution in [-0.2, 0) is 5.54 Å². The second-order valence-corrected chi connectivity index (χ2v) is 4.60. The lowest BCUT2D eigenvalue weighted by Crippen LogP contribution is -2.48. The van der Waals surface area contributed by atoms with Gasteiger partial charge >= 0.3 is 0 Å². The van der Waals surface area contributed by atoms with E-state index in [-0.39, 0.29) is 5.54 Å². The van der Waals surface area contributed by atoms with Crippen LogP contribution in [0.15, 0.2) is 43.2 Å². The van der Waals surface area contributed by atoms with Gasteiger partial charge in [-0.1, -0.05) is 0 Å². The molecule has 0 unspecified atom stereocenters. The molecule has 78 valence electrons. The van der Waals surface area contributed by atoms with Crippen LogP contribution in [0, 0.1) is 0 Å². The molecule has 0 radical (unpaired) electrons. The molecule has 3 nitrogen and oxygen atoms in total. The van der Waals surface area contributed by atoms with Gasteiger partial charge < -0.3 is 0 Å². The van der Waals surface area contributed by atoms with Crippen LogP contribution in [0.3, 0.4) is 0 Å². The Morgan fingerprint density at radius 1 is 1.20 bits per heavy atom. The Morgan fingerprint density at radius 2 is 1.87 bits per heavy atom. The number of hydrogen-bond donors (Lipinski definition) is 0. The van der Waals surface area contributed by atoms with E-state index in [0.717, 1.165) is 5.69 Å². The number of aromatic nitrogens is 3. The summed E-state index contributed by atoms with van der Waals surface area (Å²) in [5.74, 6) is 0. The first kappa shape index (κ1) is 9.90. The Bertz CT molecular complexity index is 437. The summed E-state index contributed by atoms with van der Waals surface area (Å²) in [5.41, 5.74) is 1.26. The lowest BCUT2D eigenvalue weighted by atomic mass is 10.1. The van der Waals surface area contributed by atoms with Crippen molar-refractivity contribution in [3.05, 3.63) is 43.2 Å². The SMILES string of the molecule is CC(C)(C)[n+]1ccn(-c2ccncc2)c1. The summed E-state index contributed by atoms with van der Waals surface area (Å²) in [4.78, 5) is 4.01. The molecule has 0 atom stereocenters. The Hall–Kier alpha value is -1.64. The Balaban J connectivity index is 2.37. The molecule has 0 saturated carbocycles. The van der Waals surface area contributed by atoms with E-state index in [1.165, 1.54) is 0 Å². The van der Waals surface area contributed by atoms with Crippen LogP contribution >= 0.6 is 0 Å². The second kappa shape index (κ2) is 3.50. The minimum Gasteiger partial charge on any atom is -0.264 e. The molecule has 15 heavy (non-hydrogen) atoms. The van der Waals surface area contributed by atoms with Gasteiger partial charge in [-0.15, -0.1) is 0 Å². The summed E-state index contributed by atoms with van der Waals surface area (Å²) in [6.07, 6.45) is 9.84. The van der Waals surface area contributed by atoms with E-state index in [9.17, 15) is 0 Å². The molecule has 0 aliphatic heterocycles. The van der Waals surface area contributed by atoms with E-state index < -0.39 is 0 Å². The highest BCUT2D eigenvalue weighted by Gasteiger charge is 2.19. The molecule has 0 N–H and O–H groups in total. The number of rotatable bonds is 1. The predicted octanol–water partition coefficient (Wildman–Crippen LogP) is 1.91. The van der Waals surface area contributed by atoms with Crippen molar-refractivity contribution in [1.29, 1.82) is 0 Å². The van der Waals surface area contributed by atoms with Crippen LogP contribution in [0.2, 0.25) is 0 Å². The minimum absolute atomic E-state index is 0.123. The van der Waals surface area contributed by atoms with Crippen LogP contribution in [0.5, 0.6) is 0 Å². The van der Waals surface area contributed by atoms with Gasteiger partial charge in [0.2, 0.25) is 6.33 Å². The molecular weight excluding hydrogens is 186 g/mol. The highest BCUT2D eigenvalue weighted by molar-refractivity contribution is 5.27. The topological polar surface area (TPSA) is 21.7 Å². The largest absolute Gasteiger partial charge is 0.264 e. The molecule has 2 rings (SSSR count). The summed E-state index contributed by atoms with van der Waals surface area (Å²) in [7, 11) is 0. The molecule has 0 fully saturated rings. The van der Waals surface area contributed by atoms with Gasteiger partial charge in [-0.2, -0.15) is 0 Å².